The first-order valence-corrected chi connectivity index (χ1v) is 9.78. The SMILES string of the molecule is CCNC(=NCc1cccc(OCC(N)=O)c1)NCCc1ccc(OC)c(OC)c1. The van der Waals surface area contributed by atoms with Crippen molar-refractivity contribution in [1.82, 2.24) is 10.6 Å². The average Bonchev–Trinajstić information content (AvgIpc) is 2.76. The Bertz CT molecular complexity index is 855. The molecule has 0 fully saturated rings. The number of primary amides is 1. The predicted octanol–water partition coefficient (Wildman–Crippen LogP) is 1.87. The van der Waals surface area contributed by atoms with Crippen LogP contribution in [0.3, 0.4) is 0 Å². The number of nitrogens with two attached hydrogens (primary N) is 1. The third kappa shape index (κ3) is 7.54. The Morgan fingerprint density at radius 1 is 1.03 bits per heavy atom. The van der Waals surface area contributed by atoms with Gasteiger partial charge < -0.3 is 30.6 Å². The van der Waals surface area contributed by atoms with Gasteiger partial charge in [0, 0.05) is 13.1 Å². The van der Waals surface area contributed by atoms with Crippen LogP contribution in [0.4, 0.5) is 0 Å². The molecule has 0 aromatic heterocycles. The van der Waals surface area contributed by atoms with Crippen molar-refractivity contribution in [3.8, 4) is 17.2 Å². The van der Waals surface area contributed by atoms with Gasteiger partial charge in [0.1, 0.15) is 5.75 Å². The van der Waals surface area contributed by atoms with E-state index in [1.54, 1.807) is 20.3 Å². The van der Waals surface area contributed by atoms with E-state index in [4.69, 9.17) is 19.9 Å². The summed E-state index contributed by atoms with van der Waals surface area (Å²) in [7, 11) is 3.25. The van der Waals surface area contributed by atoms with Crippen molar-refractivity contribution in [2.75, 3.05) is 33.9 Å². The number of rotatable bonds is 11. The highest BCUT2D eigenvalue weighted by Crippen LogP contribution is 2.27. The number of hydrogen-bond acceptors (Lipinski definition) is 5. The van der Waals surface area contributed by atoms with Crippen molar-refractivity contribution in [3.05, 3.63) is 53.6 Å². The zero-order valence-electron chi connectivity index (χ0n) is 17.7. The molecule has 0 bridgehead atoms. The van der Waals surface area contributed by atoms with Crippen LogP contribution in [0, 0.1) is 0 Å². The fraction of sp³-hybridized carbons (Fsp3) is 0.364. The summed E-state index contributed by atoms with van der Waals surface area (Å²) in [4.78, 5) is 15.5. The summed E-state index contributed by atoms with van der Waals surface area (Å²) in [5, 5.41) is 6.57. The molecule has 1 amide bonds. The highest BCUT2D eigenvalue weighted by molar-refractivity contribution is 5.79. The third-order valence-electron chi connectivity index (χ3n) is 4.20. The van der Waals surface area contributed by atoms with Crippen molar-refractivity contribution >= 4 is 11.9 Å². The third-order valence-corrected chi connectivity index (χ3v) is 4.20. The first kappa shape index (κ1) is 22.9. The van der Waals surface area contributed by atoms with Crippen LogP contribution in [0.5, 0.6) is 17.2 Å². The average molecular weight is 415 g/mol. The molecule has 0 spiro atoms. The number of hydrogen-bond donors (Lipinski definition) is 3. The topological polar surface area (TPSA) is 107 Å². The van der Waals surface area contributed by atoms with Gasteiger partial charge in [0.25, 0.3) is 5.91 Å². The molecule has 0 aliphatic rings. The Labute approximate surface area is 177 Å². The van der Waals surface area contributed by atoms with Crippen LogP contribution in [0.15, 0.2) is 47.5 Å². The smallest absolute Gasteiger partial charge is 0.255 e. The summed E-state index contributed by atoms with van der Waals surface area (Å²) < 4.78 is 16.0. The minimum Gasteiger partial charge on any atom is -0.493 e. The fourth-order valence-electron chi connectivity index (χ4n) is 2.76. The molecule has 4 N–H and O–H groups in total. The Balaban J connectivity index is 1.93. The van der Waals surface area contributed by atoms with E-state index in [2.05, 4.69) is 15.6 Å². The molecule has 2 rings (SSSR count). The maximum Gasteiger partial charge on any atom is 0.255 e. The Morgan fingerprint density at radius 3 is 2.53 bits per heavy atom. The van der Waals surface area contributed by atoms with E-state index < -0.39 is 5.91 Å². The van der Waals surface area contributed by atoms with Crippen LogP contribution >= 0.6 is 0 Å². The maximum absolute atomic E-state index is 10.9. The maximum atomic E-state index is 10.9. The van der Waals surface area contributed by atoms with Gasteiger partial charge >= 0.3 is 0 Å². The molecule has 0 radical (unpaired) electrons. The number of ether oxygens (including phenoxy) is 3. The van der Waals surface area contributed by atoms with Gasteiger partial charge in [-0.05, 0) is 48.7 Å². The van der Waals surface area contributed by atoms with Gasteiger partial charge in [-0.15, -0.1) is 0 Å². The molecular formula is C22H30N4O4. The Kier molecular flexibility index (Phi) is 9.30. The van der Waals surface area contributed by atoms with Crippen LogP contribution in [-0.4, -0.2) is 45.8 Å². The highest BCUT2D eigenvalue weighted by Gasteiger charge is 2.05. The highest BCUT2D eigenvalue weighted by atomic mass is 16.5. The molecule has 0 aliphatic heterocycles. The molecule has 0 atom stereocenters. The number of benzene rings is 2. The molecule has 0 unspecified atom stereocenters. The summed E-state index contributed by atoms with van der Waals surface area (Å²) in [6, 6.07) is 13.3. The van der Waals surface area contributed by atoms with Crippen LogP contribution in [-0.2, 0) is 17.8 Å². The molecule has 2 aromatic rings. The first-order valence-electron chi connectivity index (χ1n) is 9.78. The van der Waals surface area contributed by atoms with Crippen LogP contribution in [0.1, 0.15) is 18.1 Å². The number of aliphatic imine (C=N–C) groups is 1. The number of guanidine groups is 1. The first-order chi connectivity index (χ1) is 14.5. The van der Waals surface area contributed by atoms with E-state index in [9.17, 15) is 4.79 Å². The van der Waals surface area contributed by atoms with Gasteiger partial charge in [-0.3, -0.25) is 4.79 Å². The van der Waals surface area contributed by atoms with E-state index in [1.807, 2.05) is 43.3 Å². The molecule has 0 aliphatic carbocycles. The Hall–Kier alpha value is -3.42. The van der Waals surface area contributed by atoms with Crippen LogP contribution in [0.25, 0.3) is 0 Å². The molecule has 0 heterocycles. The van der Waals surface area contributed by atoms with E-state index in [0.717, 1.165) is 30.1 Å². The van der Waals surface area contributed by atoms with E-state index >= 15 is 0 Å². The van der Waals surface area contributed by atoms with Gasteiger partial charge in [0.15, 0.2) is 24.1 Å². The number of nitrogens with zero attached hydrogens (tertiary/aromatic N) is 1. The molecule has 2 aromatic carbocycles. The van der Waals surface area contributed by atoms with Crippen LogP contribution < -0.4 is 30.6 Å². The zero-order valence-corrected chi connectivity index (χ0v) is 17.7. The summed E-state index contributed by atoms with van der Waals surface area (Å²) >= 11 is 0. The minimum atomic E-state index is -0.508. The summed E-state index contributed by atoms with van der Waals surface area (Å²) in [6.45, 7) is 3.81. The molecule has 162 valence electrons. The van der Waals surface area contributed by atoms with Crippen molar-refractivity contribution in [3.63, 3.8) is 0 Å². The quantitative estimate of drug-likeness (QED) is 0.383. The monoisotopic (exact) mass is 414 g/mol. The van der Waals surface area contributed by atoms with Gasteiger partial charge in [-0.2, -0.15) is 0 Å². The molecule has 8 nitrogen and oxygen atoms in total. The summed E-state index contributed by atoms with van der Waals surface area (Å²) in [6.07, 6.45) is 0.807. The lowest BCUT2D eigenvalue weighted by atomic mass is 10.1. The lowest BCUT2D eigenvalue weighted by molar-refractivity contribution is -0.119. The van der Waals surface area contributed by atoms with Crippen molar-refractivity contribution in [1.29, 1.82) is 0 Å². The zero-order chi connectivity index (χ0) is 21.8. The van der Waals surface area contributed by atoms with E-state index in [-0.39, 0.29) is 6.61 Å². The standard InChI is InChI=1S/C22H30N4O4/c1-4-24-22(25-11-10-16-8-9-19(28-2)20(13-16)29-3)26-14-17-6-5-7-18(12-17)30-15-21(23)27/h5-9,12-13H,4,10-11,14-15H2,1-3H3,(H2,23,27)(H2,24,25,26). The largest absolute Gasteiger partial charge is 0.493 e. The number of methoxy groups -OCH3 is 2. The molecule has 0 saturated carbocycles. The van der Waals surface area contributed by atoms with Gasteiger partial charge in [-0.1, -0.05) is 18.2 Å². The lowest BCUT2D eigenvalue weighted by Crippen LogP contribution is -2.38. The normalized spacial score (nSPS) is 11.0. The second-order valence-corrected chi connectivity index (χ2v) is 6.46. The molecule has 30 heavy (non-hydrogen) atoms. The van der Waals surface area contributed by atoms with Crippen molar-refractivity contribution < 1.29 is 19.0 Å². The number of nitrogens with one attached hydrogen (secondary N) is 2. The van der Waals surface area contributed by atoms with Crippen molar-refractivity contribution in [2.24, 2.45) is 10.7 Å². The van der Waals surface area contributed by atoms with E-state index in [1.165, 1.54) is 0 Å². The summed E-state index contributed by atoms with van der Waals surface area (Å²) in [5.74, 6) is 2.24. The summed E-state index contributed by atoms with van der Waals surface area (Å²) in [5.41, 5.74) is 7.21. The number of carbonyl (C=O) groups is 1. The van der Waals surface area contributed by atoms with Gasteiger partial charge in [0.05, 0.1) is 20.8 Å². The van der Waals surface area contributed by atoms with Gasteiger partial charge in [-0.25, -0.2) is 4.99 Å². The molecule has 8 heteroatoms. The molecular weight excluding hydrogens is 384 g/mol. The van der Waals surface area contributed by atoms with Crippen LogP contribution in [0.2, 0.25) is 0 Å². The minimum absolute atomic E-state index is 0.146. The fourth-order valence-corrected chi connectivity index (χ4v) is 2.76. The number of amides is 1. The van der Waals surface area contributed by atoms with E-state index in [0.29, 0.717) is 30.3 Å². The lowest BCUT2D eigenvalue weighted by Gasteiger charge is -2.13. The second-order valence-electron chi connectivity index (χ2n) is 6.46. The number of carbonyl (C=O) groups excluding carboxylic acids is 1. The Morgan fingerprint density at radius 2 is 1.83 bits per heavy atom. The van der Waals surface area contributed by atoms with Crippen molar-refractivity contribution in [2.45, 2.75) is 19.9 Å². The second kappa shape index (κ2) is 12.2. The predicted molar refractivity (Wildman–Crippen MR) is 117 cm³/mol. The van der Waals surface area contributed by atoms with Gasteiger partial charge in [0.2, 0.25) is 0 Å². The molecule has 0 saturated heterocycles.